The van der Waals surface area contributed by atoms with E-state index in [-0.39, 0.29) is 5.91 Å². The van der Waals surface area contributed by atoms with Crippen LogP contribution in [0, 0.1) is 5.92 Å². The maximum absolute atomic E-state index is 12.2. The summed E-state index contributed by atoms with van der Waals surface area (Å²) in [5.74, 6) is 0.691. The van der Waals surface area contributed by atoms with Crippen molar-refractivity contribution in [2.75, 3.05) is 20.6 Å². The van der Waals surface area contributed by atoms with Gasteiger partial charge in [0.2, 0.25) is 5.91 Å². The Bertz CT molecular complexity index is 296. The molecule has 1 saturated carbocycles. The molecular weight excluding hydrogens is 250 g/mol. The molecule has 0 radical (unpaired) electrons. The zero-order valence-corrected chi connectivity index (χ0v) is 13.7. The zero-order chi connectivity index (χ0) is 15.2. The smallest absolute Gasteiger partial charge is 0.239 e. The van der Waals surface area contributed by atoms with Crippen molar-refractivity contribution in [2.45, 2.75) is 70.4 Å². The SMILES string of the molecule is CCCC(C)(N)C(=O)NCC(C1CCCCC1)N(C)C. The largest absolute Gasteiger partial charge is 0.353 e. The Balaban J connectivity index is 2.52. The maximum Gasteiger partial charge on any atom is 0.239 e. The molecule has 1 fully saturated rings. The van der Waals surface area contributed by atoms with E-state index in [1.165, 1.54) is 32.1 Å². The number of nitrogens with one attached hydrogen (secondary N) is 1. The van der Waals surface area contributed by atoms with E-state index in [0.717, 1.165) is 12.8 Å². The van der Waals surface area contributed by atoms with E-state index in [0.29, 0.717) is 18.5 Å². The molecule has 1 rings (SSSR count). The summed E-state index contributed by atoms with van der Waals surface area (Å²) in [7, 11) is 4.22. The lowest BCUT2D eigenvalue weighted by atomic mass is 9.83. The predicted molar refractivity (Wildman–Crippen MR) is 84.6 cm³/mol. The molecule has 20 heavy (non-hydrogen) atoms. The van der Waals surface area contributed by atoms with Crippen molar-refractivity contribution in [3.05, 3.63) is 0 Å². The number of hydrogen-bond donors (Lipinski definition) is 2. The summed E-state index contributed by atoms with van der Waals surface area (Å²) in [6.45, 7) is 4.60. The molecule has 1 amide bonds. The second-order valence-electron chi connectivity index (χ2n) is 6.81. The molecule has 118 valence electrons. The average Bonchev–Trinajstić information content (AvgIpc) is 2.39. The van der Waals surface area contributed by atoms with Crippen molar-refractivity contribution in [3.8, 4) is 0 Å². The molecule has 3 N–H and O–H groups in total. The third kappa shape index (κ3) is 5.06. The minimum atomic E-state index is -0.738. The van der Waals surface area contributed by atoms with Gasteiger partial charge in [0, 0.05) is 12.6 Å². The number of amides is 1. The monoisotopic (exact) mass is 283 g/mol. The Kier molecular flexibility index (Phi) is 6.96. The van der Waals surface area contributed by atoms with Crippen LogP contribution in [-0.2, 0) is 4.79 Å². The van der Waals surface area contributed by atoms with Crippen LogP contribution in [0.1, 0.15) is 58.8 Å². The van der Waals surface area contributed by atoms with Crippen LogP contribution in [-0.4, -0.2) is 43.0 Å². The lowest BCUT2D eigenvalue weighted by Gasteiger charge is -2.35. The lowest BCUT2D eigenvalue weighted by Crippen LogP contribution is -2.55. The molecule has 0 aromatic heterocycles. The first-order valence-electron chi connectivity index (χ1n) is 8.12. The van der Waals surface area contributed by atoms with Crippen molar-refractivity contribution < 1.29 is 4.79 Å². The van der Waals surface area contributed by atoms with Crippen LogP contribution in [0.4, 0.5) is 0 Å². The molecule has 0 spiro atoms. The van der Waals surface area contributed by atoms with Gasteiger partial charge in [0.15, 0.2) is 0 Å². The summed E-state index contributed by atoms with van der Waals surface area (Å²) >= 11 is 0. The van der Waals surface area contributed by atoms with Crippen molar-refractivity contribution in [1.82, 2.24) is 10.2 Å². The van der Waals surface area contributed by atoms with E-state index >= 15 is 0 Å². The van der Waals surface area contributed by atoms with E-state index < -0.39 is 5.54 Å². The van der Waals surface area contributed by atoms with Gasteiger partial charge in [-0.25, -0.2) is 0 Å². The van der Waals surface area contributed by atoms with Crippen LogP contribution in [0.2, 0.25) is 0 Å². The Morgan fingerprint density at radius 2 is 1.95 bits per heavy atom. The average molecular weight is 283 g/mol. The highest BCUT2D eigenvalue weighted by Crippen LogP contribution is 2.28. The first-order chi connectivity index (χ1) is 9.38. The van der Waals surface area contributed by atoms with Gasteiger partial charge in [0.1, 0.15) is 0 Å². The highest BCUT2D eigenvalue weighted by atomic mass is 16.2. The number of nitrogens with zero attached hydrogens (tertiary/aromatic N) is 1. The summed E-state index contributed by atoms with van der Waals surface area (Å²) in [4.78, 5) is 14.5. The van der Waals surface area contributed by atoms with Crippen molar-refractivity contribution in [3.63, 3.8) is 0 Å². The number of rotatable bonds is 7. The molecule has 0 saturated heterocycles. The fraction of sp³-hybridized carbons (Fsp3) is 0.938. The van der Waals surface area contributed by atoms with Crippen molar-refractivity contribution in [1.29, 1.82) is 0 Å². The van der Waals surface area contributed by atoms with Gasteiger partial charge >= 0.3 is 0 Å². The molecule has 2 atom stereocenters. The van der Waals surface area contributed by atoms with Gasteiger partial charge in [0.05, 0.1) is 5.54 Å². The minimum Gasteiger partial charge on any atom is -0.353 e. The molecule has 0 bridgehead atoms. The fourth-order valence-corrected chi connectivity index (χ4v) is 3.32. The summed E-state index contributed by atoms with van der Waals surface area (Å²) < 4.78 is 0. The normalized spacial score (nSPS) is 21.5. The van der Waals surface area contributed by atoms with Crippen LogP contribution in [0.15, 0.2) is 0 Å². The molecule has 0 heterocycles. The van der Waals surface area contributed by atoms with Crippen LogP contribution >= 0.6 is 0 Å². The molecule has 4 nitrogen and oxygen atoms in total. The van der Waals surface area contributed by atoms with Gasteiger partial charge < -0.3 is 16.0 Å². The number of carbonyl (C=O) groups excluding carboxylic acids is 1. The molecular formula is C16H33N3O. The molecule has 4 heteroatoms. The minimum absolute atomic E-state index is 0.0120. The molecule has 1 aliphatic rings. The fourth-order valence-electron chi connectivity index (χ4n) is 3.32. The molecule has 0 aliphatic heterocycles. The van der Waals surface area contributed by atoms with Gasteiger partial charge in [0.25, 0.3) is 0 Å². The van der Waals surface area contributed by atoms with Crippen LogP contribution < -0.4 is 11.1 Å². The number of carbonyl (C=O) groups is 1. The topological polar surface area (TPSA) is 58.4 Å². The highest BCUT2D eigenvalue weighted by Gasteiger charge is 2.30. The molecule has 0 aromatic carbocycles. The molecule has 0 aromatic rings. The van der Waals surface area contributed by atoms with Gasteiger partial charge in [-0.05, 0) is 46.2 Å². The third-order valence-corrected chi connectivity index (χ3v) is 4.62. The number of likely N-dealkylation sites (N-methyl/N-ethyl adjacent to an activating group) is 1. The van der Waals surface area contributed by atoms with Crippen molar-refractivity contribution >= 4 is 5.91 Å². The van der Waals surface area contributed by atoms with Crippen LogP contribution in [0.3, 0.4) is 0 Å². The zero-order valence-electron chi connectivity index (χ0n) is 13.7. The van der Waals surface area contributed by atoms with E-state index in [9.17, 15) is 4.79 Å². The lowest BCUT2D eigenvalue weighted by molar-refractivity contribution is -0.126. The first kappa shape index (κ1) is 17.4. The summed E-state index contributed by atoms with van der Waals surface area (Å²) in [5.41, 5.74) is 5.35. The third-order valence-electron chi connectivity index (χ3n) is 4.62. The summed E-state index contributed by atoms with van der Waals surface area (Å²) in [5, 5.41) is 3.08. The van der Waals surface area contributed by atoms with E-state index in [1.807, 2.05) is 6.92 Å². The molecule has 1 aliphatic carbocycles. The van der Waals surface area contributed by atoms with Crippen molar-refractivity contribution in [2.24, 2.45) is 11.7 Å². The summed E-state index contributed by atoms with van der Waals surface area (Å²) in [6, 6.07) is 0.427. The number of hydrogen-bond acceptors (Lipinski definition) is 3. The first-order valence-corrected chi connectivity index (χ1v) is 8.12. The quantitative estimate of drug-likeness (QED) is 0.752. The summed E-state index contributed by atoms with van der Waals surface area (Å²) in [6.07, 6.45) is 8.25. The van der Waals surface area contributed by atoms with Crippen LogP contribution in [0.25, 0.3) is 0 Å². The maximum atomic E-state index is 12.2. The predicted octanol–water partition coefficient (Wildman–Crippen LogP) is 2.13. The Labute approximate surface area is 124 Å². The Morgan fingerprint density at radius 1 is 1.35 bits per heavy atom. The second-order valence-corrected chi connectivity index (χ2v) is 6.81. The van der Waals surface area contributed by atoms with Gasteiger partial charge in [-0.1, -0.05) is 32.6 Å². The van der Waals surface area contributed by atoms with Gasteiger partial charge in [-0.15, -0.1) is 0 Å². The molecule has 2 unspecified atom stereocenters. The van der Waals surface area contributed by atoms with E-state index in [1.54, 1.807) is 0 Å². The number of nitrogens with two attached hydrogens (primary N) is 1. The second kappa shape index (κ2) is 7.99. The van der Waals surface area contributed by atoms with Gasteiger partial charge in [-0.2, -0.15) is 0 Å². The van der Waals surface area contributed by atoms with E-state index in [2.05, 4.69) is 31.2 Å². The Morgan fingerprint density at radius 3 is 2.45 bits per heavy atom. The Hall–Kier alpha value is -0.610. The highest BCUT2D eigenvalue weighted by molar-refractivity contribution is 5.85. The van der Waals surface area contributed by atoms with Gasteiger partial charge in [-0.3, -0.25) is 4.79 Å². The van der Waals surface area contributed by atoms with Crippen LogP contribution in [0.5, 0.6) is 0 Å². The standard InChI is InChI=1S/C16H33N3O/c1-5-11-16(2,17)15(20)18-12-14(19(3)4)13-9-7-6-8-10-13/h13-14H,5-12,17H2,1-4H3,(H,18,20). The van der Waals surface area contributed by atoms with E-state index in [4.69, 9.17) is 5.73 Å².